The van der Waals surface area contributed by atoms with Crippen molar-refractivity contribution in [3.63, 3.8) is 0 Å². The Labute approximate surface area is 138 Å². The van der Waals surface area contributed by atoms with Crippen molar-refractivity contribution in [2.75, 3.05) is 46.3 Å². The first-order chi connectivity index (χ1) is 11.3. The standard InChI is InChI=1S/C19H26N4/c1-21-10-12-23(13-11-21)17-7-9-22(15-17)14-16-6-8-20-19-5-3-2-4-18(16)19/h2-6,8,17H,7,9-15H2,1H3. The van der Waals surface area contributed by atoms with E-state index >= 15 is 0 Å². The third-order valence-corrected chi connectivity index (χ3v) is 5.44. The predicted octanol–water partition coefficient (Wildman–Crippen LogP) is 2.06. The average molecular weight is 310 g/mol. The van der Waals surface area contributed by atoms with Gasteiger partial charge in [-0.15, -0.1) is 0 Å². The second-order valence-electron chi connectivity index (χ2n) is 7.00. The zero-order valence-electron chi connectivity index (χ0n) is 14.0. The molecule has 2 aromatic rings. The number of likely N-dealkylation sites (N-methyl/N-ethyl adjacent to an activating group) is 1. The molecule has 4 rings (SSSR count). The summed E-state index contributed by atoms with van der Waals surface area (Å²) < 4.78 is 0. The summed E-state index contributed by atoms with van der Waals surface area (Å²) in [5.74, 6) is 0. The minimum atomic E-state index is 0.747. The summed E-state index contributed by atoms with van der Waals surface area (Å²) in [6.07, 6.45) is 3.26. The Hall–Kier alpha value is -1.49. The van der Waals surface area contributed by atoms with Crippen molar-refractivity contribution < 1.29 is 0 Å². The van der Waals surface area contributed by atoms with Crippen molar-refractivity contribution in [1.82, 2.24) is 19.7 Å². The minimum absolute atomic E-state index is 0.747. The van der Waals surface area contributed by atoms with Crippen molar-refractivity contribution >= 4 is 10.9 Å². The molecule has 1 atom stereocenters. The molecule has 0 amide bonds. The molecule has 0 N–H and O–H groups in total. The molecule has 1 aromatic heterocycles. The molecule has 0 aliphatic carbocycles. The van der Waals surface area contributed by atoms with E-state index in [0.717, 1.165) is 18.1 Å². The van der Waals surface area contributed by atoms with Gasteiger partial charge in [0.05, 0.1) is 5.52 Å². The molecule has 2 fully saturated rings. The van der Waals surface area contributed by atoms with Gasteiger partial charge in [0.1, 0.15) is 0 Å². The first-order valence-electron chi connectivity index (χ1n) is 8.77. The lowest BCUT2D eigenvalue weighted by atomic mass is 10.1. The second kappa shape index (κ2) is 6.56. The predicted molar refractivity (Wildman–Crippen MR) is 94.5 cm³/mol. The van der Waals surface area contributed by atoms with E-state index in [1.54, 1.807) is 0 Å². The fourth-order valence-electron chi connectivity index (χ4n) is 3.97. The molecular formula is C19H26N4. The fraction of sp³-hybridized carbons (Fsp3) is 0.526. The number of fused-ring (bicyclic) bond motifs is 1. The number of aromatic nitrogens is 1. The van der Waals surface area contributed by atoms with Gasteiger partial charge in [-0.25, -0.2) is 0 Å². The Bertz CT molecular complexity index is 658. The number of rotatable bonds is 3. The first kappa shape index (κ1) is 15.1. The number of piperazine rings is 1. The number of likely N-dealkylation sites (tertiary alicyclic amines) is 1. The van der Waals surface area contributed by atoms with E-state index < -0.39 is 0 Å². The molecule has 3 heterocycles. The zero-order valence-corrected chi connectivity index (χ0v) is 14.0. The molecule has 122 valence electrons. The van der Waals surface area contributed by atoms with Crippen molar-refractivity contribution in [1.29, 1.82) is 0 Å². The lowest BCUT2D eigenvalue weighted by Gasteiger charge is -2.36. The van der Waals surface area contributed by atoms with Gasteiger partial charge >= 0.3 is 0 Å². The highest BCUT2D eigenvalue weighted by Crippen LogP contribution is 2.22. The van der Waals surface area contributed by atoms with Gasteiger partial charge in [-0.1, -0.05) is 18.2 Å². The van der Waals surface area contributed by atoms with E-state index in [9.17, 15) is 0 Å². The maximum absolute atomic E-state index is 4.48. The van der Waals surface area contributed by atoms with Gasteiger partial charge in [0.2, 0.25) is 0 Å². The molecule has 1 aromatic carbocycles. The summed E-state index contributed by atoms with van der Waals surface area (Å²) >= 11 is 0. The van der Waals surface area contributed by atoms with E-state index in [4.69, 9.17) is 0 Å². The number of benzene rings is 1. The highest BCUT2D eigenvalue weighted by Gasteiger charge is 2.29. The number of nitrogens with zero attached hydrogens (tertiary/aromatic N) is 4. The van der Waals surface area contributed by atoms with Gasteiger partial charge in [0.15, 0.2) is 0 Å². The van der Waals surface area contributed by atoms with E-state index in [-0.39, 0.29) is 0 Å². The maximum Gasteiger partial charge on any atom is 0.0705 e. The molecule has 1 unspecified atom stereocenters. The van der Waals surface area contributed by atoms with Crippen LogP contribution in [0.3, 0.4) is 0 Å². The van der Waals surface area contributed by atoms with Gasteiger partial charge in [-0.3, -0.25) is 14.8 Å². The summed E-state index contributed by atoms with van der Waals surface area (Å²) in [7, 11) is 2.23. The van der Waals surface area contributed by atoms with Gasteiger partial charge in [0.25, 0.3) is 0 Å². The van der Waals surface area contributed by atoms with Crippen molar-refractivity contribution in [2.45, 2.75) is 19.0 Å². The van der Waals surface area contributed by atoms with Gasteiger partial charge in [-0.2, -0.15) is 0 Å². The van der Waals surface area contributed by atoms with Crippen LogP contribution in [0.4, 0.5) is 0 Å². The lowest BCUT2D eigenvalue weighted by Crippen LogP contribution is -2.49. The van der Waals surface area contributed by atoms with Crippen LogP contribution in [0.1, 0.15) is 12.0 Å². The van der Waals surface area contributed by atoms with E-state index in [1.165, 1.54) is 56.6 Å². The molecule has 4 heteroatoms. The molecule has 0 bridgehead atoms. The van der Waals surface area contributed by atoms with Crippen LogP contribution in [-0.2, 0) is 6.54 Å². The Morgan fingerprint density at radius 1 is 1.04 bits per heavy atom. The Morgan fingerprint density at radius 2 is 1.87 bits per heavy atom. The maximum atomic E-state index is 4.48. The second-order valence-corrected chi connectivity index (χ2v) is 7.00. The Morgan fingerprint density at radius 3 is 2.74 bits per heavy atom. The fourth-order valence-corrected chi connectivity index (χ4v) is 3.97. The third-order valence-electron chi connectivity index (χ3n) is 5.44. The lowest BCUT2D eigenvalue weighted by molar-refractivity contribution is 0.112. The quantitative estimate of drug-likeness (QED) is 0.865. The molecule has 2 saturated heterocycles. The van der Waals surface area contributed by atoms with E-state index in [2.05, 4.69) is 57.1 Å². The summed E-state index contributed by atoms with van der Waals surface area (Å²) in [6.45, 7) is 8.36. The molecule has 0 saturated carbocycles. The van der Waals surface area contributed by atoms with Crippen LogP contribution < -0.4 is 0 Å². The highest BCUT2D eigenvalue weighted by atomic mass is 15.3. The van der Waals surface area contributed by atoms with Crippen molar-refractivity contribution in [3.8, 4) is 0 Å². The monoisotopic (exact) mass is 310 g/mol. The normalized spacial score (nSPS) is 24.5. The Balaban J connectivity index is 1.42. The topological polar surface area (TPSA) is 22.6 Å². The summed E-state index contributed by atoms with van der Waals surface area (Å²) in [5.41, 5.74) is 2.52. The van der Waals surface area contributed by atoms with Gasteiger partial charge in [0, 0.05) is 63.4 Å². The number of pyridine rings is 1. The summed E-state index contributed by atoms with van der Waals surface area (Å²) in [4.78, 5) is 12.2. The van der Waals surface area contributed by atoms with E-state index in [1.807, 2.05) is 6.20 Å². The van der Waals surface area contributed by atoms with Crippen LogP contribution in [0.5, 0.6) is 0 Å². The molecule has 0 spiro atoms. The average Bonchev–Trinajstić information content (AvgIpc) is 3.04. The molecule has 2 aliphatic heterocycles. The van der Waals surface area contributed by atoms with Crippen LogP contribution in [-0.4, -0.2) is 72.0 Å². The first-order valence-corrected chi connectivity index (χ1v) is 8.77. The largest absolute Gasteiger partial charge is 0.304 e. The Kier molecular flexibility index (Phi) is 4.29. The van der Waals surface area contributed by atoms with Crippen LogP contribution in [0.2, 0.25) is 0 Å². The van der Waals surface area contributed by atoms with Gasteiger partial charge < -0.3 is 4.90 Å². The molecule has 4 nitrogen and oxygen atoms in total. The van der Waals surface area contributed by atoms with Crippen molar-refractivity contribution in [2.24, 2.45) is 0 Å². The summed E-state index contributed by atoms with van der Waals surface area (Å²) in [6, 6.07) is 11.4. The smallest absolute Gasteiger partial charge is 0.0705 e. The van der Waals surface area contributed by atoms with E-state index in [0.29, 0.717) is 0 Å². The minimum Gasteiger partial charge on any atom is -0.304 e. The zero-order chi connectivity index (χ0) is 15.6. The number of para-hydroxylation sites is 1. The molecule has 2 aliphatic rings. The van der Waals surface area contributed by atoms with Crippen LogP contribution >= 0.6 is 0 Å². The van der Waals surface area contributed by atoms with Crippen LogP contribution in [0, 0.1) is 0 Å². The summed E-state index contributed by atoms with van der Waals surface area (Å²) in [5, 5.41) is 1.30. The number of hydrogen-bond donors (Lipinski definition) is 0. The van der Waals surface area contributed by atoms with Crippen LogP contribution in [0.15, 0.2) is 36.5 Å². The highest BCUT2D eigenvalue weighted by molar-refractivity contribution is 5.81. The SMILES string of the molecule is CN1CCN(C2CCN(Cc3ccnc4ccccc34)C2)CC1. The van der Waals surface area contributed by atoms with Crippen molar-refractivity contribution in [3.05, 3.63) is 42.1 Å². The van der Waals surface area contributed by atoms with Crippen LogP contribution in [0.25, 0.3) is 10.9 Å². The third kappa shape index (κ3) is 3.25. The van der Waals surface area contributed by atoms with Gasteiger partial charge in [-0.05, 0) is 31.2 Å². The molecular weight excluding hydrogens is 284 g/mol. The molecule has 23 heavy (non-hydrogen) atoms. The molecule has 0 radical (unpaired) electrons. The number of hydrogen-bond acceptors (Lipinski definition) is 4.